The number of hydrogen-bond donors (Lipinski definition) is 2. The number of halogens is 1. The van der Waals surface area contributed by atoms with Crippen LogP contribution < -0.4 is 20.1 Å². The highest BCUT2D eigenvalue weighted by atomic mass is 32.2. The first-order valence-electron chi connectivity index (χ1n) is 9.79. The molecule has 0 fully saturated rings. The highest BCUT2D eigenvalue weighted by Crippen LogP contribution is 2.32. The van der Waals surface area contributed by atoms with Gasteiger partial charge in [0.05, 0.1) is 30.3 Å². The Labute approximate surface area is 179 Å². The molecule has 0 aliphatic carbocycles. The number of thioether (sulfide) groups is 1. The highest BCUT2D eigenvalue weighted by Gasteiger charge is 2.19. The maximum Gasteiger partial charge on any atom is 0.234 e. The van der Waals surface area contributed by atoms with E-state index in [4.69, 9.17) is 9.47 Å². The van der Waals surface area contributed by atoms with Crippen LogP contribution in [0.4, 0.5) is 10.1 Å². The number of benzene rings is 2. The largest absolute Gasteiger partial charge is 0.490 e. The second-order valence-corrected chi connectivity index (χ2v) is 8.32. The molecule has 0 spiro atoms. The van der Waals surface area contributed by atoms with Gasteiger partial charge in [0.15, 0.2) is 11.5 Å². The molecule has 2 aromatic carbocycles. The lowest BCUT2D eigenvalue weighted by Gasteiger charge is -2.19. The highest BCUT2D eigenvalue weighted by molar-refractivity contribution is 8.01. The lowest BCUT2D eigenvalue weighted by atomic mass is 10.1. The van der Waals surface area contributed by atoms with E-state index >= 15 is 0 Å². The number of hydrogen-bond acceptors (Lipinski definition) is 5. The Morgan fingerprint density at radius 1 is 1.07 bits per heavy atom. The molecule has 2 N–H and O–H groups in total. The summed E-state index contributed by atoms with van der Waals surface area (Å²) in [6.07, 6.45) is 0.833. The summed E-state index contributed by atoms with van der Waals surface area (Å²) in [6, 6.07) is 11.0. The molecule has 0 saturated heterocycles. The van der Waals surface area contributed by atoms with E-state index in [2.05, 4.69) is 10.6 Å². The van der Waals surface area contributed by atoms with Gasteiger partial charge in [0.1, 0.15) is 5.82 Å². The summed E-state index contributed by atoms with van der Waals surface area (Å²) in [6.45, 7) is 4.88. The summed E-state index contributed by atoms with van der Waals surface area (Å²) in [5, 5.41) is 5.24. The molecular weight excluding hydrogens is 407 g/mol. The lowest BCUT2D eigenvalue weighted by molar-refractivity contribution is -0.120. The second kappa shape index (κ2) is 10.3. The molecule has 1 aliphatic rings. The molecule has 1 aliphatic heterocycles. The van der Waals surface area contributed by atoms with Crippen LogP contribution in [0.2, 0.25) is 0 Å². The SMILES string of the molecule is CC(SCC(=O)Nc1ccc(F)cc1)C(=O)NC(C)c1ccc2c(c1)OCCCO2. The van der Waals surface area contributed by atoms with Crippen molar-refractivity contribution in [2.75, 3.05) is 24.3 Å². The number of rotatable bonds is 7. The summed E-state index contributed by atoms with van der Waals surface area (Å²) >= 11 is 1.23. The molecule has 1 heterocycles. The van der Waals surface area contributed by atoms with Crippen LogP contribution in [-0.4, -0.2) is 36.0 Å². The minimum Gasteiger partial charge on any atom is -0.490 e. The van der Waals surface area contributed by atoms with Crippen molar-refractivity contribution in [2.24, 2.45) is 0 Å². The van der Waals surface area contributed by atoms with Crippen LogP contribution in [0.25, 0.3) is 0 Å². The molecule has 0 bridgehead atoms. The van der Waals surface area contributed by atoms with Crippen LogP contribution in [0.15, 0.2) is 42.5 Å². The Bertz CT molecular complexity index is 891. The van der Waals surface area contributed by atoms with Crippen LogP contribution in [0, 0.1) is 5.82 Å². The molecule has 2 unspecified atom stereocenters. The Balaban J connectivity index is 1.48. The molecule has 0 aromatic heterocycles. The first kappa shape index (κ1) is 22.0. The van der Waals surface area contributed by atoms with E-state index in [1.807, 2.05) is 25.1 Å². The molecule has 8 heteroatoms. The maximum absolute atomic E-state index is 12.9. The topological polar surface area (TPSA) is 76.7 Å². The first-order chi connectivity index (χ1) is 14.4. The van der Waals surface area contributed by atoms with Gasteiger partial charge in [-0.25, -0.2) is 4.39 Å². The second-order valence-electron chi connectivity index (χ2n) is 7.00. The van der Waals surface area contributed by atoms with Crippen LogP contribution in [0.3, 0.4) is 0 Å². The molecule has 2 aromatic rings. The average Bonchev–Trinajstić information content (AvgIpc) is 2.98. The van der Waals surface area contributed by atoms with Crippen LogP contribution in [0.1, 0.15) is 31.9 Å². The summed E-state index contributed by atoms with van der Waals surface area (Å²) in [7, 11) is 0. The Hall–Kier alpha value is -2.74. The van der Waals surface area contributed by atoms with Crippen molar-refractivity contribution in [2.45, 2.75) is 31.6 Å². The molecule has 0 saturated carbocycles. The van der Waals surface area contributed by atoms with Gasteiger partial charge in [-0.1, -0.05) is 6.07 Å². The third-order valence-corrected chi connectivity index (χ3v) is 5.73. The standard InChI is InChI=1S/C22H25FN2O4S/c1-14(16-4-9-19-20(12-16)29-11-3-10-28-19)24-22(27)15(2)30-13-21(26)25-18-7-5-17(23)6-8-18/h4-9,12,14-15H,3,10-11,13H2,1-2H3,(H,24,27)(H,25,26). The number of amides is 2. The zero-order valence-corrected chi connectivity index (χ0v) is 17.8. The number of carbonyl (C=O) groups excluding carboxylic acids is 2. The summed E-state index contributed by atoms with van der Waals surface area (Å²) in [5.41, 5.74) is 1.43. The normalized spacial score (nSPS) is 14.9. The molecule has 30 heavy (non-hydrogen) atoms. The van der Waals surface area contributed by atoms with E-state index in [1.165, 1.54) is 36.0 Å². The molecule has 2 atom stereocenters. The van der Waals surface area contributed by atoms with Gasteiger partial charge in [0.25, 0.3) is 0 Å². The van der Waals surface area contributed by atoms with Gasteiger partial charge in [-0.15, -0.1) is 11.8 Å². The third kappa shape index (κ3) is 6.13. The minimum absolute atomic E-state index is 0.115. The zero-order chi connectivity index (χ0) is 21.5. The van der Waals surface area contributed by atoms with Crippen molar-refractivity contribution in [3.05, 3.63) is 53.8 Å². The summed E-state index contributed by atoms with van der Waals surface area (Å²) < 4.78 is 24.3. The van der Waals surface area contributed by atoms with E-state index in [9.17, 15) is 14.0 Å². The predicted octanol–water partition coefficient (Wildman–Crippen LogP) is 3.92. The van der Waals surface area contributed by atoms with Crippen molar-refractivity contribution in [3.63, 3.8) is 0 Å². The number of fused-ring (bicyclic) bond motifs is 1. The first-order valence-corrected chi connectivity index (χ1v) is 10.8. The average molecular weight is 433 g/mol. The van der Waals surface area contributed by atoms with E-state index < -0.39 is 5.25 Å². The number of nitrogens with one attached hydrogen (secondary N) is 2. The monoisotopic (exact) mass is 432 g/mol. The molecule has 3 rings (SSSR count). The van der Waals surface area contributed by atoms with Gasteiger partial charge < -0.3 is 20.1 Å². The van der Waals surface area contributed by atoms with Crippen LogP contribution >= 0.6 is 11.8 Å². The van der Waals surface area contributed by atoms with Gasteiger partial charge in [0.2, 0.25) is 11.8 Å². The van der Waals surface area contributed by atoms with Crippen molar-refractivity contribution >= 4 is 29.3 Å². The fourth-order valence-electron chi connectivity index (χ4n) is 2.87. The van der Waals surface area contributed by atoms with Crippen molar-refractivity contribution in [3.8, 4) is 11.5 Å². The minimum atomic E-state index is -0.410. The number of ether oxygens (including phenoxy) is 2. The van der Waals surface area contributed by atoms with Crippen LogP contribution in [-0.2, 0) is 9.59 Å². The third-order valence-electron chi connectivity index (χ3n) is 4.59. The van der Waals surface area contributed by atoms with Gasteiger partial charge in [0, 0.05) is 12.1 Å². The fourth-order valence-corrected chi connectivity index (χ4v) is 3.56. The number of carbonyl (C=O) groups is 2. The van der Waals surface area contributed by atoms with E-state index in [-0.39, 0.29) is 29.4 Å². The quantitative estimate of drug-likeness (QED) is 0.693. The summed E-state index contributed by atoms with van der Waals surface area (Å²) in [5.74, 6) is 0.744. The van der Waals surface area contributed by atoms with Gasteiger partial charge >= 0.3 is 0 Å². The summed E-state index contributed by atoms with van der Waals surface area (Å²) in [4.78, 5) is 24.6. The lowest BCUT2D eigenvalue weighted by Crippen LogP contribution is -2.33. The smallest absolute Gasteiger partial charge is 0.234 e. The fraction of sp³-hybridized carbons (Fsp3) is 0.364. The van der Waals surface area contributed by atoms with Crippen LogP contribution in [0.5, 0.6) is 11.5 Å². The zero-order valence-electron chi connectivity index (χ0n) is 16.9. The Morgan fingerprint density at radius 2 is 1.77 bits per heavy atom. The van der Waals surface area contributed by atoms with E-state index in [1.54, 1.807) is 6.92 Å². The molecule has 160 valence electrons. The molecule has 0 radical (unpaired) electrons. The number of anilines is 1. The van der Waals surface area contributed by atoms with E-state index in [0.29, 0.717) is 30.4 Å². The van der Waals surface area contributed by atoms with Gasteiger partial charge in [-0.3, -0.25) is 9.59 Å². The molecular formula is C22H25FN2O4S. The maximum atomic E-state index is 12.9. The molecule has 2 amide bonds. The Morgan fingerprint density at radius 3 is 2.50 bits per heavy atom. The van der Waals surface area contributed by atoms with Gasteiger partial charge in [-0.2, -0.15) is 0 Å². The predicted molar refractivity (Wildman–Crippen MR) is 116 cm³/mol. The van der Waals surface area contributed by atoms with E-state index in [0.717, 1.165) is 12.0 Å². The van der Waals surface area contributed by atoms with Gasteiger partial charge in [-0.05, 0) is 55.8 Å². The molecule has 6 nitrogen and oxygen atoms in total. The van der Waals surface area contributed by atoms with Crippen molar-refractivity contribution in [1.82, 2.24) is 5.32 Å². The Kier molecular flexibility index (Phi) is 7.57. The van der Waals surface area contributed by atoms with Crippen molar-refractivity contribution in [1.29, 1.82) is 0 Å². The van der Waals surface area contributed by atoms with Crippen molar-refractivity contribution < 1.29 is 23.5 Å².